The normalized spacial score (nSPS) is 12.6. The van der Waals surface area contributed by atoms with E-state index in [0.717, 1.165) is 0 Å². The predicted molar refractivity (Wildman–Crippen MR) is 99.3 cm³/mol. The van der Waals surface area contributed by atoms with Gasteiger partial charge in [0.2, 0.25) is 0 Å². The smallest absolute Gasteiger partial charge is 0.305 e. The highest BCUT2D eigenvalue weighted by molar-refractivity contribution is 6.02. The first-order chi connectivity index (χ1) is 13.3. The van der Waals surface area contributed by atoms with Gasteiger partial charge in [-0.2, -0.15) is 0 Å². The summed E-state index contributed by atoms with van der Waals surface area (Å²) in [5, 5.41) is 14.3. The molecule has 0 aliphatic heterocycles. The summed E-state index contributed by atoms with van der Waals surface area (Å²) in [5.74, 6) is -1.43. The van der Waals surface area contributed by atoms with Crippen LogP contribution in [0.3, 0.4) is 0 Å². The Kier molecular flexibility index (Phi) is 7.16. The molecule has 0 bridgehead atoms. The summed E-state index contributed by atoms with van der Waals surface area (Å²) in [4.78, 5) is 35.1. The number of carboxylic acids is 1. The van der Waals surface area contributed by atoms with Crippen LogP contribution >= 0.6 is 0 Å². The fourth-order valence-electron chi connectivity index (χ4n) is 2.57. The number of ether oxygens (including phenoxy) is 2. The molecule has 2 rings (SSSR count). The van der Waals surface area contributed by atoms with Gasteiger partial charge in [0.15, 0.2) is 12.4 Å². The zero-order valence-corrected chi connectivity index (χ0v) is 15.6. The van der Waals surface area contributed by atoms with Crippen LogP contribution < -0.4 is 15.4 Å². The Morgan fingerprint density at radius 2 is 2.00 bits per heavy atom. The number of methoxy groups -OCH3 is 1. The molecule has 0 saturated carbocycles. The molecule has 3 N–H and O–H groups in total. The molecule has 1 unspecified atom stereocenters. The fourth-order valence-corrected chi connectivity index (χ4v) is 2.57. The predicted octanol–water partition coefficient (Wildman–Crippen LogP) is 1.91. The van der Waals surface area contributed by atoms with Gasteiger partial charge in [0, 0.05) is 18.9 Å². The van der Waals surface area contributed by atoms with Crippen LogP contribution in [0, 0.1) is 0 Å². The Bertz CT molecular complexity index is 819. The van der Waals surface area contributed by atoms with E-state index in [9.17, 15) is 14.4 Å². The molecule has 1 atom stereocenters. The molecule has 0 radical (unpaired) electrons. The maximum Gasteiger partial charge on any atom is 0.305 e. The second-order valence-corrected chi connectivity index (χ2v) is 6.36. The zero-order valence-electron chi connectivity index (χ0n) is 15.6. The largest absolute Gasteiger partial charge is 0.484 e. The van der Waals surface area contributed by atoms with Crippen LogP contribution in [-0.2, 0) is 14.3 Å². The summed E-state index contributed by atoms with van der Waals surface area (Å²) < 4.78 is 15.4. The minimum absolute atomic E-state index is 0.0410. The molecular formula is C19H22N2O7. The monoisotopic (exact) mass is 390 g/mol. The van der Waals surface area contributed by atoms with Gasteiger partial charge < -0.3 is 29.6 Å². The van der Waals surface area contributed by atoms with Crippen molar-refractivity contribution < 1.29 is 33.4 Å². The quantitative estimate of drug-likeness (QED) is 0.565. The summed E-state index contributed by atoms with van der Waals surface area (Å²) in [5.41, 5.74) is -0.589. The highest BCUT2D eigenvalue weighted by Crippen LogP contribution is 2.18. The van der Waals surface area contributed by atoms with E-state index in [1.54, 1.807) is 37.3 Å². The van der Waals surface area contributed by atoms with Gasteiger partial charge in [-0.1, -0.05) is 6.07 Å². The van der Waals surface area contributed by atoms with Gasteiger partial charge >= 0.3 is 5.97 Å². The minimum Gasteiger partial charge on any atom is -0.484 e. The number of nitrogens with one attached hydrogen (secondary N) is 2. The van der Waals surface area contributed by atoms with E-state index >= 15 is 0 Å². The average Bonchev–Trinajstić information content (AvgIpc) is 3.14. The lowest BCUT2D eigenvalue weighted by atomic mass is 9.99. The van der Waals surface area contributed by atoms with E-state index in [0.29, 0.717) is 11.4 Å². The summed E-state index contributed by atoms with van der Waals surface area (Å²) in [6.45, 7) is 1.29. The molecule has 1 heterocycles. The van der Waals surface area contributed by atoms with Crippen molar-refractivity contribution >= 4 is 23.5 Å². The number of benzene rings is 1. The van der Waals surface area contributed by atoms with Gasteiger partial charge in [0.25, 0.3) is 11.8 Å². The number of hydrogen-bond acceptors (Lipinski definition) is 6. The van der Waals surface area contributed by atoms with Crippen molar-refractivity contribution in [2.45, 2.75) is 18.9 Å². The number of aliphatic carboxylic acids is 1. The lowest BCUT2D eigenvalue weighted by molar-refractivity contribution is -0.139. The van der Waals surface area contributed by atoms with E-state index in [4.69, 9.17) is 19.0 Å². The molecule has 0 spiro atoms. The van der Waals surface area contributed by atoms with Crippen molar-refractivity contribution in [3.8, 4) is 5.75 Å². The molecule has 9 heteroatoms. The molecule has 2 amide bonds. The molecule has 1 aromatic heterocycles. The van der Waals surface area contributed by atoms with E-state index in [1.807, 2.05) is 0 Å². The summed E-state index contributed by atoms with van der Waals surface area (Å²) in [6, 6.07) is 9.64. The Morgan fingerprint density at radius 1 is 1.21 bits per heavy atom. The van der Waals surface area contributed by atoms with E-state index in [-0.39, 0.29) is 25.4 Å². The maximum absolute atomic E-state index is 12.1. The van der Waals surface area contributed by atoms with Gasteiger partial charge in [-0.05, 0) is 31.2 Å². The van der Waals surface area contributed by atoms with Crippen LogP contribution in [0.25, 0.3) is 0 Å². The van der Waals surface area contributed by atoms with Gasteiger partial charge in [0.05, 0.1) is 24.8 Å². The molecule has 0 saturated heterocycles. The molecule has 0 aliphatic carbocycles. The Labute approximate surface area is 161 Å². The third kappa shape index (κ3) is 6.44. The number of carbonyl (C=O) groups is 3. The number of anilines is 1. The first kappa shape index (κ1) is 21.0. The van der Waals surface area contributed by atoms with Crippen LogP contribution in [0.2, 0.25) is 0 Å². The maximum atomic E-state index is 12.1. The lowest BCUT2D eigenvalue weighted by Crippen LogP contribution is -2.52. The number of hydrogen-bond donors (Lipinski definition) is 3. The van der Waals surface area contributed by atoms with Crippen LogP contribution in [0.5, 0.6) is 5.75 Å². The summed E-state index contributed by atoms with van der Waals surface area (Å²) in [7, 11) is 1.42. The van der Waals surface area contributed by atoms with Gasteiger partial charge in [-0.15, -0.1) is 0 Å². The highest BCUT2D eigenvalue weighted by Gasteiger charge is 2.29. The van der Waals surface area contributed by atoms with Crippen LogP contribution in [0.4, 0.5) is 5.69 Å². The van der Waals surface area contributed by atoms with Gasteiger partial charge in [-0.25, -0.2) is 0 Å². The second kappa shape index (κ2) is 9.56. The van der Waals surface area contributed by atoms with Crippen molar-refractivity contribution in [1.82, 2.24) is 5.32 Å². The number of carbonyl (C=O) groups excluding carboxylic acids is 2. The van der Waals surface area contributed by atoms with E-state index in [1.165, 1.54) is 19.4 Å². The Morgan fingerprint density at radius 3 is 2.64 bits per heavy atom. The topological polar surface area (TPSA) is 127 Å². The third-order valence-corrected chi connectivity index (χ3v) is 3.65. The van der Waals surface area contributed by atoms with E-state index in [2.05, 4.69) is 10.6 Å². The standard InChI is InChI=1S/C19H22N2O7/c1-19(12-26-2,10-17(23)24)21-16(22)11-28-14-6-3-5-13(9-14)20-18(25)15-7-4-8-27-15/h3-9H,10-12H2,1-2H3,(H,20,25)(H,21,22)(H,23,24). The van der Waals surface area contributed by atoms with Crippen molar-refractivity contribution in [3.05, 3.63) is 48.4 Å². The average molecular weight is 390 g/mol. The third-order valence-electron chi connectivity index (χ3n) is 3.65. The summed E-state index contributed by atoms with van der Waals surface area (Å²) >= 11 is 0. The molecule has 9 nitrogen and oxygen atoms in total. The minimum atomic E-state index is -1.06. The van der Waals surface area contributed by atoms with Crippen molar-refractivity contribution in [1.29, 1.82) is 0 Å². The van der Waals surface area contributed by atoms with Crippen molar-refractivity contribution in [3.63, 3.8) is 0 Å². The number of amides is 2. The molecule has 0 fully saturated rings. The molecule has 0 aliphatic rings. The second-order valence-electron chi connectivity index (χ2n) is 6.36. The van der Waals surface area contributed by atoms with Crippen LogP contribution in [0.1, 0.15) is 23.9 Å². The number of furan rings is 1. The number of rotatable bonds is 10. The molecule has 150 valence electrons. The SMILES string of the molecule is COCC(C)(CC(=O)O)NC(=O)COc1cccc(NC(=O)c2ccco2)c1. The van der Waals surface area contributed by atoms with Crippen molar-refractivity contribution in [2.24, 2.45) is 0 Å². The molecule has 28 heavy (non-hydrogen) atoms. The van der Waals surface area contributed by atoms with Crippen LogP contribution in [-0.4, -0.2) is 48.8 Å². The molecule has 2 aromatic rings. The molecular weight excluding hydrogens is 368 g/mol. The molecule has 1 aromatic carbocycles. The Balaban J connectivity index is 1.92. The number of carboxylic acid groups (broad SMARTS) is 1. The Hall–Kier alpha value is -3.33. The first-order valence-electron chi connectivity index (χ1n) is 8.41. The fraction of sp³-hybridized carbons (Fsp3) is 0.316. The van der Waals surface area contributed by atoms with Gasteiger partial charge in [0.1, 0.15) is 5.75 Å². The van der Waals surface area contributed by atoms with Gasteiger partial charge in [-0.3, -0.25) is 14.4 Å². The highest BCUT2D eigenvalue weighted by atomic mass is 16.5. The van der Waals surface area contributed by atoms with E-state index < -0.39 is 23.3 Å². The first-order valence-corrected chi connectivity index (χ1v) is 8.41. The van der Waals surface area contributed by atoms with Crippen LogP contribution in [0.15, 0.2) is 47.1 Å². The zero-order chi connectivity index (χ0) is 20.6. The lowest BCUT2D eigenvalue weighted by Gasteiger charge is -2.28. The summed E-state index contributed by atoms with van der Waals surface area (Å²) in [6.07, 6.45) is 1.11. The van der Waals surface area contributed by atoms with Crippen molar-refractivity contribution in [2.75, 3.05) is 25.6 Å².